The fraction of sp³-hybridized carbons (Fsp3) is 0.625. The molecule has 1 aromatic rings. The van der Waals surface area contributed by atoms with Crippen LogP contribution in [0.3, 0.4) is 0 Å². The molecule has 2 unspecified atom stereocenters. The Balaban J connectivity index is 1.76. The maximum Gasteiger partial charge on any atom is 0.312 e. The van der Waals surface area contributed by atoms with Crippen molar-refractivity contribution in [2.45, 2.75) is 70.7 Å². The number of nitrogens with zero attached hydrogens (tertiary/aromatic N) is 1. The molecule has 3 aliphatic heterocycles. The van der Waals surface area contributed by atoms with Crippen LogP contribution in [0, 0.1) is 25.7 Å². The van der Waals surface area contributed by atoms with Gasteiger partial charge in [-0.1, -0.05) is 25.1 Å². The molecule has 0 saturated carbocycles. The van der Waals surface area contributed by atoms with Gasteiger partial charge in [0.1, 0.15) is 11.6 Å². The summed E-state index contributed by atoms with van der Waals surface area (Å²) >= 11 is 0. The average Bonchev–Trinajstić information content (AvgIpc) is 3.40. The van der Waals surface area contributed by atoms with E-state index in [-0.39, 0.29) is 25.0 Å². The first-order valence-corrected chi connectivity index (χ1v) is 11.4. The van der Waals surface area contributed by atoms with Crippen LogP contribution in [0.5, 0.6) is 0 Å². The number of benzene rings is 1. The van der Waals surface area contributed by atoms with Gasteiger partial charge < -0.3 is 24.8 Å². The smallest absolute Gasteiger partial charge is 0.312 e. The van der Waals surface area contributed by atoms with E-state index in [0.29, 0.717) is 24.9 Å². The predicted octanol–water partition coefficient (Wildman–Crippen LogP) is 1.95. The highest BCUT2D eigenvalue weighted by Crippen LogP contribution is 2.59. The van der Waals surface area contributed by atoms with E-state index in [1.165, 1.54) is 4.90 Å². The Labute approximate surface area is 188 Å². The molecule has 32 heavy (non-hydrogen) atoms. The Kier molecular flexibility index (Phi) is 6.02. The third kappa shape index (κ3) is 3.23. The molecule has 3 aliphatic rings. The van der Waals surface area contributed by atoms with Crippen LogP contribution in [0.25, 0.3) is 0 Å². The summed E-state index contributed by atoms with van der Waals surface area (Å²) in [4.78, 5) is 41.7. The van der Waals surface area contributed by atoms with E-state index in [1.54, 1.807) is 6.92 Å². The number of hydrogen-bond donors (Lipinski definition) is 2. The summed E-state index contributed by atoms with van der Waals surface area (Å²) in [5.41, 5.74) is 1.44. The number of fused-ring (bicyclic) bond motifs is 1. The number of esters is 1. The highest BCUT2D eigenvalue weighted by Gasteiger charge is 2.75. The minimum absolute atomic E-state index is 0.213. The van der Waals surface area contributed by atoms with E-state index in [2.05, 4.69) is 5.32 Å². The minimum Gasteiger partial charge on any atom is -0.466 e. The second kappa shape index (κ2) is 8.48. The summed E-state index contributed by atoms with van der Waals surface area (Å²) in [6.45, 7) is 7.36. The molecule has 3 saturated heterocycles. The molecule has 1 spiro atoms. The number of para-hydroxylation sites is 1. The number of aryl methyl sites for hydroxylation is 2. The third-order valence-electron chi connectivity index (χ3n) is 7.35. The number of nitrogens with one attached hydrogen (secondary N) is 1. The van der Waals surface area contributed by atoms with Gasteiger partial charge in [0, 0.05) is 5.69 Å². The van der Waals surface area contributed by atoms with Crippen molar-refractivity contribution in [1.82, 2.24) is 4.90 Å². The molecule has 8 heteroatoms. The molecule has 2 N–H and O–H groups in total. The zero-order valence-electron chi connectivity index (χ0n) is 19.1. The number of hydrogen-bond acceptors (Lipinski definition) is 6. The fourth-order valence-electron chi connectivity index (χ4n) is 5.91. The van der Waals surface area contributed by atoms with E-state index in [9.17, 15) is 19.5 Å². The zero-order valence-corrected chi connectivity index (χ0v) is 19.1. The van der Waals surface area contributed by atoms with E-state index in [0.717, 1.165) is 11.1 Å². The largest absolute Gasteiger partial charge is 0.466 e. The molecule has 1 aromatic carbocycles. The van der Waals surface area contributed by atoms with E-state index in [1.807, 2.05) is 39.0 Å². The molecule has 0 aromatic heterocycles. The standard InChI is InChI=1S/C24H32N2O6/c1-5-15(12-27)26-20(21(28)25-19-13(3)8-7-9-14(19)4)24-11-10-16(32-24)17(18(24)22(26)29)23(30)31-6-2/h7-9,15-18,20,27H,5-6,10-12H2,1-4H3,(H,25,28)/t15-,16-,17+,18-,20?,24?/m0/s1. The molecule has 3 heterocycles. The summed E-state index contributed by atoms with van der Waals surface area (Å²) in [7, 11) is 0. The van der Waals surface area contributed by atoms with Crippen molar-refractivity contribution in [3.63, 3.8) is 0 Å². The van der Waals surface area contributed by atoms with E-state index < -0.39 is 41.6 Å². The lowest BCUT2D eigenvalue weighted by molar-refractivity contribution is -0.155. The number of likely N-dealkylation sites (tertiary alicyclic amines) is 1. The second-order valence-corrected chi connectivity index (χ2v) is 9.05. The van der Waals surface area contributed by atoms with Gasteiger partial charge in [-0.2, -0.15) is 0 Å². The average molecular weight is 445 g/mol. The van der Waals surface area contributed by atoms with Crippen molar-refractivity contribution >= 4 is 23.5 Å². The number of carbonyl (C=O) groups is 3. The normalized spacial score (nSPS) is 31.5. The Morgan fingerprint density at radius 1 is 1.31 bits per heavy atom. The molecule has 6 atom stereocenters. The number of ether oxygens (including phenoxy) is 2. The summed E-state index contributed by atoms with van der Waals surface area (Å²) in [5, 5.41) is 13.0. The summed E-state index contributed by atoms with van der Waals surface area (Å²) in [6, 6.07) is 4.28. The maximum absolute atomic E-state index is 13.8. The van der Waals surface area contributed by atoms with Crippen molar-refractivity contribution < 1.29 is 29.0 Å². The zero-order chi connectivity index (χ0) is 23.2. The van der Waals surface area contributed by atoms with Crippen LogP contribution in [0.1, 0.15) is 44.2 Å². The lowest BCUT2D eigenvalue weighted by atomic mass is 9.70. The van der Waals surface area contributed by atoms with Gasteiger partial charge in [0.2, 0.25) is 11.8 Å². The van der Waals surface area contributed by atoms with Crippen LogP contribution in [-0.2, 0) is 23.9 Å². The van der Waals surface area contributed by atoms with Crippen LogP contribution < -0.4 is 5.32 Å². The van der Waals surface area contributed by atoms with Crippen molar-refractivity contribution in [3.05, 3.63) is 29.3 Å². The monoisotopic (exact) mass is 444 g/mol. The first kappa shape index (κ1) is 22.7. The van der Waals surface area contributed by atoms with Crippen molar-refractivity contribution in [1.29, 1.82) is 0 Å². The SMILES string of the molecule is CCOC(=O)[C@@H]1[C@@H]2CCC3(O2)C(C(=O)Nc2c(C)cccc2C)N([C@@H](CC)CO)C(=O)[C@H]13. The molecule has 2 amide bonds. The number of aliphatic hydroxyl groups is 1. The molecule has 174 valence electrons. The van der Waals surface area contributed by atoms with Gasteiger partial charge in [-0.05, 0) is 51.2 Å². The van der Waals surface area contributed by atoms with Gasteiger partial charge in [-0.25, -0.2) is 0 Å². The van der Waals surface area contributed by atoms with Gasteiger partial charge in [0.05, 0.1) is 37.2 Å². The lowest BCUT2D eigenvalue weighted by Crippen LogP contribution is -2.56. The van der Waals surface area contributed by atoms with Crippen LogP contribution in [-0.4, -0.2) is 64.8 Å². The van der Waals surface area contributed by atoms with Crippen LogP contribution in [0.4, 0.5) is 5.69 Å². The van der Waals surface area contributed by atoms with Crippen molar-refractivity contribution in [2.24, 2.45) is 11.8 Å². The first-order valence-electron chi connectivity index (χ1n) is 11.4. The highest BCUT2D eigenvalue weighted by molar-refractivity contribution is 6.04. The van der Waals surface area contributed by atoms with Crippen LogP contribution >= 0.6 is 0 Å². The first-order chi connectivity index (χ1) is 15.3. The molecular formula is C24H32N2O6. The molecule has 3 fully saturated rings. The number of amides is 2. The van der Waals surface area contributed by atoms with Gasteiger partial charge >= 0.3 is 5.97 Å². The summed E-state index contributed by atoms with van der Waals surface area (Å²) in [5.74, 6) is -2.63. The van der Waals surface area contributed by atoms with Gasteiger partial charge in [0.15, 0.2) is 0 Å². The lowest BCUT2D eigenvalue weighted by Gasteiger charge is -2.36. The van der Waals surface area contributed by atoms with Crippen molar-refractivity contribution in [3.8, 4) is 0 Å². The summed E-state index contributed by atoms with van der Waals surface area (Å²) < 4.78 is 11.6. The molecular weight excluding hydrogens is 412 g/mol. The molecule has 4 rings (SSSR count). The van der Waals surface area contributed by atoms with E-state index in [4.69, 9.17) is 9.47 Å². The predicted molar refractivity (Wildman–Crippen MR) is 117 cm³/mol. The number of aliphatic hydroxyl groups excluding tert-OH is 1. The third-order valence-corrected chi connectivity index (χ3v) is 7.35. The van der Waals surface area contributed by atoms with E-state index >= 15 is 0 Å². The highest BCUT2D eigenvalue weighted by atomic mass is 16.6. The van der Waals surface area contributed by atoms with Crippen LogP contribution in [0.2, 0.25) is 0 Å². The molecule has 0 aliphatic carbocycles. The van der Waals surface area contributed by atoms with Gasteiger partial charge in [0.25, 0.3) is 0 Å². The van der Waals surface area contributed by atoms with Crippen LogP contribution in [0.15, 0.2) is 18.2 Å². The number of carbonyl (C=O) groups excluding carboxylic acids is 3. The Morgan fingerprint density at radius 3 is 2.59 bits per heavy atom. The quantitative estimate of drug-likeness (QED) is 0.623. The Bertz CT molecular complexity index is 909. The summed E-state index contributed by atoms with van der Waals surface area (Å²) in [6.07, 6.45) is 1.14. The number of anilines is 1. The van der Waals surface area contributed by atoms with Crippen molar-refractivity contribution in [2.75, 3.05) is 18.5 Å². The number of rotatable bonds is 7. The Morgan fingerprint density at radius 2 is 2.00 bits per heavy atom. The maximum atomic E-state index is 13.8. The fourth-order valence-corrected chi connectivity index (χ4v) is 5.91. The van der Waals surface area contributed by atoms with Gasteiger partial charge in [-0.3, -0.25) is 14.4 Å². The molecule has 0 radical (unpaired) electrons. The second-order valence-electron chi connectivity index (χ2n) is 9.05. The Hall–Kier alpha value is -2.45. The molecule has 8 nitrogen and oxygen atoms in total. The molecule has 2 bridgehead atoms. The topological polar surface area (TPSA) is 105 Å². The minimum atomic E-state index is -1.09. The van der Waals surface area contributed by atoms with Gasteiger partial charge in [-0.15, -0.1) is 0 Å².